The minimum absolute atomic E-state index is 0.0811. The van der Waals surface area contributed by atoms with Gasteiger partial charge >= 0.3 is 0 Å². The van der Waals surface area contributed by atoms with E-state index in [0.29, 0.717) is 12.5 Å². The molecule has 1 aliphatic rings. The Hall–Kier alpha value is -2.14. The molecule has 1 fully saturated rings. The first-order valence-electron chi connectivity index (χ1n) is 9.08. The molecule has 3 rings (SSSR count). The Labute approximate surface area is 150 Å². The van der Waals surface area contributed by atoms with Gasteiger partial charge in [-0.2, -0.15) is 0 Å². The van der Waals surface area contributed by atoms with E-state index in [9.17, 15) is 4.79 Å². The van der Waals surface area contributed by atoms with Crippen LogP contribution in [0.5, 0.6) is 0 Å². The minimum atomic E-state index is 0.0811. The van der Waals surface area contributed by atoms with Crippen molar-refractivity contribution in [3.05, 3.63) is 47.5 Å². The number of anilines is 1. The van der Waals surface area contributed by atoms with E-state index in [-0.39, 0.29) is 5.91 Å². The maximum absolute atomic E-state index is 12.4. The Morgan fingerprint density at radius 3 is 2.68 bits per heavy atom. The third-order valence-corrected chi connectivity index (χ3v) is 5.12. The van der Waals surface area contributed by atoms with Crippen LogP contribution < -0.4 is 5.32 Å². The Balaban J connectivity index is 1.46. The molecule has 2 heterocycles. The summed E-state index contributed by atoms with van der Waals surface area (Å²) < 4.78 is 2.23. The van der Waals surface area contributed by atoms with Crippen molar-refractivity contribution in [1.82, 2.24) is 14.5 Å². The average molecular weight is 340 g/mol. The molecule has 5 nitrogen and oxygen atoms in total. The van der Waals surface area contributed by atoms with Gasteiger partial charge in [-0.25, -0.2) is 4.98 Å². The van der Waals surface area contributed by atoms with Crippen LogP contribution in [0.3, 0.4) is 0 Å². The van der Waals surface area contributed by atoms with Crippen LogP contribution in [-0.4, -0.2) is 40.0 Å². The molecule has 1 N–H and O–H groups in total. The van der Waals surface area contributed by atoms with Gasteiger partial charge < -0.3 is 9.88 Å². The van der Waals surface area contributed by atoms with Crippen LogP contribution in [-0.2, 0) is 11.3 Å². The Bertz CT molecular complexity index is 729. The lowest BCUT2D eigenvalue weighted by Crippen LogP contribution is -2.40. The number of hydrogen-bond donors (Lipinski definition) is 1. The number of likely N-dealkylation sites (tertiary alicyclic amines) is 1. The first-order valence-corrected chi connectivity index (χ1v) is 9.08. The quantitative estimate of drug-likeness (QED) is 0.909. The summed E-state index contributed by atoms with van der Waals surface area (Å²) in [5.41, 5.74) is 3.19. The van der Waals surface area contributed by atoms with Gasteiger partial charge in [0.25, 0.3) is 0 Å². The number of aromatic nitrogens is 2. The zero-order valence-electron chi connectivity index (χ0n) is 15.5. The number of nitrogens with zero attached hydrogens (tertiary/aromatic N) is 3. The van der Waals surface area contributed by atoms with Crippen molar-refractivity contribution in [3.63, 3.8) is 0 Å². The average Bonchev–Trinajstić information content (AvgIpc) is 2.98. The molecule has 0 saturated carbocycles. The van der Waals surface area contributed by atoms with Crippen LogP contribution in [0.2, 0.25) is 0 Å². The van der Waals surface area contributed by atoms with E-state index >= 15 is 0 Å². The second kappa shape index (κ2) is 7.83. The number of aryl methyl sites for hydroxylation is 3. The SMILES string of the molecule is Cc1ccc(C)c(NC(=O)CN2CCC(Cn3ccnc3C)CC2)c1. The fourth-order valence-corrected chi connectivity index (χ4v) is 3.47. The van der Waals surface area contributed by atoms with Gasteiger partial charge in [0.2, 0.25) is 5.91 Å². The summed E-state index contributed by atoms with van der Waals surface area (Å²) in [7, 11) is 0. The van der Waals surface area contributed by atoms with Crippen molar-refractivity contribution in [2.75, 3.05) is 25.0 Å². The number of benzene rings is 1. The topological polar surface area (TPSA) is 50.2 Å². The molecule has 1 saturated heterocycles. The molecule has 0 aliphatic carbocycles. The molecule has 1 aliphatic heterocycles. The van der Waals surface area contributed by atoms with Gasteiger partial charge in [-0.1, -0.05) is 12.1 Å². The number of carbonyl (C=O) groups excluding carboxylic acids is 1. The second-order valence-electron chi connectivity index (χ2n) is 7.21. The van der Waals surface area contributed by atoms with E-state index in [1.165, 1.54) is 0 Å². The lowest BCUT2D eigenvalue weighted by atomic mass is 9.96. The summed E-state index contributed by atoms with van der Waals surface area (Å²) in [5, 5.41) is 3.06. The molecule has 0 atom stereocenters. The molecule has 1 aromatic heterocycles. The fourth-order valence-electron chi connectivity index (χ4n) is 3.47. The summed E-state index contributed by atoms with van der Waals surface area (Å²) in [6.45, 7) is 9.60. The summed E-state index contributed by atoms with van der Waals surface area (Å²) in [5.74, 6) is 1.83. The van der Waals surface area contributed by atoms with Gasteiger partial charge in [0.05, 0.1) is 6.54 Å². The maximum Gasteiger partial charge on any atom is 0.238 e. The smallest absolute Gasteiger partial charge is 0.238 e. The Morgan fingerprint density at radius 2 is 2.00 bits per heavy atom. The van der Waals surface area contributed by atoms with Crippen LogP contribution in [0.15, 0.2) is 30.6 Å². The van der Waals surface area contributed by atoms with Gasteiger partial charge in [-0.05, 0) is 69.8 Å². The van der Waals surface area contributed by atoms with Gasteiger partial charge in [0, 0.05) is 24.6 Å². The van der Waals surface area contributed by atoms with Crippen molar-refractivity contribution < 1.29 is 4.79 Å². The molecule has 1 aromatic carbocycles. The van der Waals surface area contributed by atoms with Crippen molar-refractivity contribution in [3.8, 4) is 0 Å². The zero-order valence-corrected chi connectivity index (χ0v) is 15.5. The molecule has 134 valence electrons. The fraction of sp³-hybridized carbons (Fsp3) is 0.500. The van der Waals surface area contributed by atoms with Crippen LogP contribution >= 0.6 is 0 Å². The van der Waals surface area contributed by atoms with Crippen molar-refractivity contribution >= 4 is 11.6 Å². The van der Waals surface area contributed by atoms with Crippen LogP contribution in [0, 0.1) is 26.7 Å². The highest BCUT2D eigenvalue weighted by Crippen LogP contribution is 2.20. The molecule has 1 amide bonds. The van der Waals surface area contributed by atoms with E-state index in [0.717, 1.165) is 55.1 Å². The van der Waals surface area contributed by atoms with Crippen molar-refractivity contribution in [2.45, 2.75) is 40.2 Å². The number of imidazole rings is 1. The second-order valence-corrected chi connectivity index (χ2v) is 7.21. The summed E-state index contributed by atoms with van der Waals surface area (Å²) in [6.07, 6.45) is 6.18. The minimum Gasteiger partial charge on any atom is -0.335 e. The predicted molar refractivity (Wildman–Crippen MR) is 101 cm³/mol. The number of nitrogens with one attached hydrogen (secondary N) is 1. The molecule has 0 unspecified atom stereocenters. The summed E-state index contributed by atoms with van der Waals surface area (Å²) >= 11 is 0. The molecule has 0 spiro atoms. The van der Waals surface area contributed by atoms with Crippen molar-refractivity contribution in [1.29, 1.82) is 0 Å². The molecule has 25 heavy (non-hydrogen) atoms. The monoisotopic (exact) mass is 340 g/mol. The first kappa shape index (κ1) is 17.7. The highest BCUT2D eigenvalue weighted by molar-refractivity contribution is 5.93. The van der Waals surface area contributed by atoms with Crippen LogP contribution in [0.1, 0.15) is 29.8 Å². The molecule has 5 heteroatoms. The normalized spacial score (nSPS) is 16.1. The zero-order chi connectivity index (χ0) is 17.8. The molecule has 0 bridgehead atoms. The van der Waals surface area contributed by atoms with E-state index in [2.05, 4.69) is 38.1 Å². The maximum atomic E-state index is 12.4. The number of amides is 1. The third-order valence-electron chi connectivity index (χ3n) is 5.12. The predicted octanol–water partition coefficient (Wildman–Crippen LogP) is 3.16. The largest absolute Gasteiger partial charge is 0.335 e. The third kappa shape index (κ3) is 4.69. The van der Waals surface area contributed by atoms with E-state index in [4.69, 9.17) is 0 Å². The van der Waals surface area contributed by atoms with Crippen LogP contribution in [0.4, 0.5) is 5.69 Å². The highest BCUT2D eigenvalue weighted by Gasteiger charge is 2.21. The number of hydrogen-bond acceptors (Lipinski definition) is 3. The number of piperidine rings is 1. The van der Waals surface area contributed by atoms with E-state index < -0.39 is 0 Å². The van der Waals surface area contributed by atoms with Crippen molar-refractivity contribution in [2.24, 2.45) is 5.92 Å². The lowest BCUT2D eigenvalue weighted by Gasteiger charge is -2.31. The molecular weight excluding hydrogens is 312 g/mol. The van der Waals surface area contributed by atoms with Crippen LogP contribution in [0.25, 0.3) is 0 Å². The standard InChI is InChI=1S/C20H28N4O/c1-15-4-5-16(2)19(12-15)22-20(25)14-23-9-6-18(7-10-23)13-24-11-8-21-17(24)3/h4-5,8,11-12,18H,6-7,9-10,13-14H2,1-3H3,(H,22,25). The van der Waals surface area contributed by atoms with E-state index in [1.807, 2.05) is 33.0 Å². The van der Waals surface area contributed by atoms with Gasteiger partial charge in [-0.3, -0.25) is 9.69 Å². The first-order chi connectivity index (χ1) is 12.0. The molecule has 2 aromatic rings. The lowest BCUT2D eigenvalue weighted by molar-refractivity contribution is -0.117. The Morgan fingerprint density at radius 1 is 1.24 bits per heavy atom. The Kier molecular flexibility index (Phi) is 5.53. The summed E-state index contributed by atoms with van der Waals surface area (Å²) in [6, 6.07) is 6.15. The molecular formula is C20H28N4O. The number of carbonyl (C=O) groups is 1. The van der Waals surface area contributed by atoms with Gasteiger partial charge in [-0.15, -0.1) is 0 Å². The van der Waals surface area contributed by atoms with E-state index in [1.54, 1.807) is 0 Å². The van der Waals surface area contributed by atoms with Gasteiger partial charge in [0.1, 0.15) is 5.82 Å². The summed E-state index contributed by atoms with van der Waals surface area (Å²) in [4.78, 5) is 18.9. The molecule has 0 radical (unpaired) electrons. The highest BCUT2D eigenvalue weighted by atomic mass is 16.2. The number of rotatable bonds is 5. The van der Waals surface area contributed by atoms with Gasteiger partial charge in [0.15, 0.2) is 0 Å².